The predicted molar refractivity (Wildman–Crippen MR) is 100 cm³/mol. The minimum Gasteiger partial charge on any atom is -0.444 e. The number of carbonyl (C=O) groups is 1. The van der Waals surface area contributed by atoms with Crippen molar-refractivity contribution in [3.05, 3.63) is 65.9 Å². The van der Waals surface area contributed by atoms with E-state index in [0.29, 0.717) is 0 Å². The van der Waals surface area contributed by atoms with Gasteiger partial charge in [0, 0.05) is 28.4 Å². The van der Waals surface area contributed by atoms with Gasteiger partial charge in [-0.2, -0.15) is 0 Å². The lowest BCUT2D eigenvalue weighted by molar-refractivity contribution is -0.883. The van der Waals surface area contributed by atoms with Gasteiger partial charge in [-0.3, -0.25) is 5.32 Å². The number of aromatic amines is 1. The Kier molecular flexibility index (Phi) is 4.76. The number of carbonyl (C=O) groups excluding carboxylic acids is 1. The molecule has 0 fully saturated rings. The Morgan fingerprint density at radius 2 is 1.88 bits per heavy atom. The number of fused-ring (bicyclic) bond motifs is 1. The molecule has 130 valence electrons. The average Bonchev–Trinajstić information content (AvgIpc) is 2.94. The number of amides is 1. The van der Waals surface area contributed by atoms with Crippen molar-refractivity contribution >= 4 is 22.7 Å². The second-order valence-electron chi connectivity index (χ2n) is 7.21. The van der Waals surface area contributed by atoms with Crippen LogP contribution in [0.3, 0.4) is 0 Å². The number of quaternary nitrogens is 1. The van der Waals surface area contributed by atoms with Gasteiger partial charge in [0.1, 0.15) is 13.2 Å². The molecule has 1 heterocycles. The molecule has 3 rings (SSSR count). The fraction of sp³-hybridized carbons (Fsp3) is 0.250. The van der Waals surface area contributed by atoms with Crippen LogP contribution in [0.4, 0.5) is 10.5 Å². The smallest absolute Gasteiger partial charge is 0.411 e. The van der Waals surface area contributed by atoms with Crippen molar-refractivity contribution in [3.63, 3.8) is 0 Å². The molecule has 0 aliphatic rings. The van der Waals surface area contributed by atoms with Crippen LogP contribution in [0.15, 0.2) is 54.7 Å². The normalized spacial score (nSPS) is 11.5. The topological polar surface area (TPSA) is 54.1 Å². The van der Waals surface area contributed by atoms with Crippen molar-refractivity contribution in [1.29, 1.82) is 0 Å². The summed E-state index contributed by atoms with van der Waals surface area (Å²) >= 11 is 0. The monoisotopic (exact) mass is 338 g/mol. The van der Waals surface area contributed by atoms with Crippen molar-refractivity contribution in [1.82, 2.24) is 4.98 Å². The van der Waals surface area contributed by atoms with Gasteiger partial charge >= 0.3 is 6.09 Å². The number of nitrogens with one attached hydrogen (secondary N) is 2. The second kappa shape index (κ2) is 6.99. The molecule has 0 unspecified atom stereocenters. The summed E-state index contributed by atoms with van der Waals surface area (Å²) in [5.41, 5.74) is 3.98. The summed E-state index contributed by atoms with van der Waals surface area (Å²) in [4.78, 5) is 15.3. The van der Waals surface area contributed by atoms with E-state index >= 15 is 0 Å². The zero-order valence-corrected chi connectivity index (χ0v) is 14.9. The molecule has 1 amide bonds. The molecule has 0 saturated heterocycles. The lowest BCUT2D eigenvalue weighted by atomic mass is 10.1. The Balaban J connectivity index is 1.68. The molecule has 0 radical (unpaired) electrons. The summed E-state index contributed by atoms with van der Waals surface area (Å²) in [5, 5.41) is 3.92. The molecule has 5 heteroatoms. The maximum Gasteiger partial charge on any atom is 0.411 e. The highest BCUT2D eigenvalue weighted by Gasteiger charge is 2.14. The highest BCUT2D eigenvalue weighted by atomic mass is 16.5. The minimum absolute atomic E-state index is 0.256. The SMILES string of the molecule is C[N+](C)(C)Cc1c[nH]c2ccc(NC(=O)OCc3ccccc3)cc12. The molecule has 0 spiro atoms. The molecule has 0 saturated carbocycles. The number of rotatable bonds is 5. The zero-order valence-electron chi connectivity index (χ0n) is 14.9. The van der Waals surface area contributed by atoms with Crippen molar-refractivity contribution in [3.8, 4) is 0 Å². The first-order chi connectivity index (χ1) is 11.9. The molecule has 5 nitrogen and oxygen atoms in total. The van der Waals surface area contributed by atoms with E-state index in [1.165, 1.54) is 5.56 Å². The molecule has 0 aliphatic heterocycles. The molecule has 1 aromatic heterocycles. The van der Waals surface area contributed by atoms with Crippen LogP contribution in [0.1, 0.15) is 11.1 Å². The molecule has 0 atom stereocenters. The van der Waals surface area contributed by atoms with Crippen LogP contribution < -0.4 is 5.32 Å². The van der Waals surface area contributed by atoms with Gasteiger partial charge in [-0.25, -0.2) is 4.79 Å². The summed E-state index contributed by atoms with van der Waals surface area (Å²) in [6.45, 7) is 1.16. The van der Waals surface area contributed by atoms with E-state index in [1.807, 2.05) is 54.7 Å². The third-order valence-corrected chi connectivity index (χ3v) is 3.87. The van der Waals surface area contributed by atoms with E-state index in [4.69, 9.17) is 4.74 Å². The quantitative estimate of drug-likeness (QED) is 0.688. The van der Waals surface area contributed by atoms with E-state index in [9.17, 15) is 4.79 Å². The maximum absolute atomic E-state index is 12.0. The number of ether oxygens (including phenoxy) is 1. The van der Waals surface area contributed by atoms with Crippen molar-refractivity contribution < 1.29 is 14.0 Å². The first kappa shape index (κ1) is 17.0. The lowest BCUT2D eigenvalue weighted by Gasteiger charge is -2.23. The molecule has 2 aromatic carbocycles. The summed E-state index contributed by atoms with van der Waals surface area (Å²) in [7, 11) is 6.46. The van der Waals surface area contributed by atoms with Gasteiger partial charge in [0.25, 0.3) is 0 Å². The van der Waals surface area contributed by atoms with Crippen LogP contribution in [0, 0.1) is 0 Å². The molecule has 0 bridgehead atoms. The number of hydrogen-bond donors (Lipinski definition) is 2. The molecule has 2 N–H and O–H groups in total. The maximum atomic E-state index is 12.0. The van der Waals surface area contributed by atoms with Crippen LogP contribution in [0.2, 0.25) is 0 Å². The van der Waals surface area contributed by atoms with E-state index in [1.54, 1.807) is 0 Å². The summed E-state index contributed by atoms with van der Waals surface area (Å²) in [5.74, 6) is 0. The van der Waals surface area contributed by atoms with Crippen LogP contribution in [0.5, 0.6) is 0 Å². The average molecular weight is 338 g/mol. The summed E-state index contributed by atoms with van der Waals surface area (Å²) in [6.07, 6.45) is 1.58. The summed E-state index contributed by atoms with van der Waals surface area (Å²) in [6, 6.07) is 15.5. The molecular weight excluding hydrogens is 314 g/mol. The van der Waals surface area contributed by atoms with Crippen molar-refractivity contribution in [2.45, 2.75) is 13.2 Å². The van der Waals surface area contributed by atoms with E-state index in [0.717, 1.165) is 33.2 Å². The Morgan fingerprint density at radius 1 is 1.12 bits per heavy atom. The minimum atomic E-state index is -0.452. The number of anilines is 1. The van der Waals surface area contributed by atoms with Crippen molar-refractivity contribution in [2.75, 3.05) is 26.5 Å². The van der Waals surface area contributed by atoms with Crippen LogP contribution in [-0.4, -0.2) is 36.7 Å². The molecule has 25 heavy (non-hydrogen) atoms. The van der Waals surface area contributed by atoms with Gasteiger partial charge < -0.3 is 14.2 Å². The Morgan fingerprint density at radius 3 is 2.60 bits per heavy atom. The fourth-order valence-electron chi connectivity index (χ4n) is 2.78. The van der Waals surface area contributed by atoms with Gasteiger partial charge in [-0.15, -0.1) is 0 Å². The fourth-order valence-corrected chi connectivity index (χ4v) is 2.78. The van der Waals surface area contributed by atoms with Crippen LogP contribution in [-0.2, 0) is 17.9 Å². The Hall–Kier alpha value is -2.79. The van der Waals surface area contributed by atoms with Gasteiger partial charge in [0.05, 0.1) is 21.1 Å². The predicted octanol–water partition coefficient (Wildman–Crippen LogP) is 4.12. The van der Waals surface area contributed by atoms with E-state index < -0.39 is 6.09 Å². The highest BCUT2D eigenvalue weighted by Crippen LogP contribution is 2.24. The standard InChI is InChI=1S/C20H23N3O2/c1-23(2,3)13-16-12-21-19-10-9-17(11-18(16)19)22-20(24)25-14-15-7-5-4-6-8-15/h4-12,21H,13-14H2,1-3H3/p+1. The lowest BCUT2D eigenvalue weighted by Crippen LogP contribution is -2.33. The van der Waals surface area contributed by atoms with Crippen LogP contribution in [0.25, 0.3) is 10.9 Å². The number of benzene rings is 2. The van der Waals surface area contributed by atoms with Gasteiger partial charge in [0.15, 0.2) is 0 Å². The molecule has 0 aliphatic carbocycles. The number of nitrogens with zero attached hydrogens (tertiary/aromatic N) is 1. The Bertz CT molecular complexity index is 864. The van der Waals surface area contributed by atoms with Crippen LogP contribution >= 0.6 is 0 Å². The largest absolute Gasteiger partial charge is 0.444 e. The first-order valence-electron chi connectivity index (χ1n) is 8.29. The number of aromatic nitrogens is 1. The second-order valence-corrected chi connectivity index (χ2v) is 7.21. The Labute approximate surface area is 147 Å². The number of hydrogen-bond acceptors (Lipinski definition) is 2. The number of H-pyrrole nitrogens is 1. The van der Waals surface area contributed by atoms with E-state index in [-0.39, 0.29) is 6.61 Å². The van der Waals surface area contributed by atoms with Gasteiger partial charge in [-0.1, -0.05) is 30.3 Å². The first-order valence-corrected chi connectivity index (χ1v) is 8.29. The molecular formula is C20H24N3O2+. The third kappa shape index (κ3) is 4.61. The van der Waals surface area contributed by atoms with Crippen molar-refractivity contribution in [2.24, 2.45) is 0 Å². The molecule has 3 aromatic rings. The summed E-state index contributed by atoms with van der Waals surface area (Å²) < 4.78 is 6.11. The third-order valence-electron chi connectivity index (χ3n) is 3.87. The highest BCUT2D eigenvalue weighted by molar-refractivity contribution is 5.91. The van der Waals surface area contributed by atoms with E-state index in [2.05, 4.69) is 31.4 Å². The van der Waals surface area contributed by atoms with Gasteiger partial charge in [-0.05, 0) is 23.8 Å². The van der Waals surface area contributed by atoms with Gasteiger partial charge in [0.2, 0.25) is 0 Å². The zero-order chi connectivity index (χ0) is 17.9.